The summed E-state index contributed by atoms with van der Waals surface area (Å²) in [5, 5.41) is 128. The van der Waals surface area contributed by atoms with Crippen molar-refractivity contribution in [2.45, 2.75) is 163 Å². The number of amides is 8. The Bertz CT molecular complexity index is 4960. The summed E-state index contributed by atoms with van der Waals surface area (Å²) in [6, 6.07) is 6.92. The monoisotopic (exact) mass is 1650 g/mol. The molecule has 14 rings (SSSR count). The number of aliphatic hydroxyl groups is 3. The Kier molecular flexibility index (Phi) is 26.8. The Morgan fingerprint density at radius 3 is 1.89 bits per heavy atom. The quantitative estimate of drug-likeness (QED) is 0.0347. The number of aliphatic hydroxyl groups excluding tert-OH is 3. The molecule has 0 aliphatic carbocycles. The number of nitrogens with zero attached hydrogens (tertiary/aromatic N) is 1. The van der Waals surface area contributed by atoms with Gasteiger partial charge in [0.05, 0.1) is 10.0 Å². The molecule has 17 bridgehead atoms. The van der Waals surface area contributed by atoms with Crippen LogP contribution in [0, 0.1) is 0 Å². The van der Waals surface area contributed by atoms with Crippen molar-refractivity contribution >= 4 is 76.4 Å². The first-order valence-electron chi connectivity index (χ1n) is 38.1. The molecule has 8 amide bonds. The van der Waals surface area contributed by atoms with Gasteiger partial charge in [0.25, 0.3) is 0 Å². The normalized spacial score (nSPS) is 23.1. The van der Waals surface area contributed by atoms with Gasteiger partial charge in [-0.15, -0.1) is 0 Å². The predicted octanol–water partition coefficient (Wildman–Crippen LogP) is 6.84. The number of hydrogen-bond donors (Lipinski definition) is 18. The van der Waals surface area contributed by atoms with Crippen molar-refractivity contribution in [2.75, 3.05) is 34.2 Å². The number of benzene rings is 7. The Labute approximate surface area is 680 Å². The first kappa shape index (κ1) is 84.7. The van der Waals surface area contributed by atoms with Crippen LogP contribution in [0.5, 0.6) is 69.0 Å². The minimum absolute atomic E-state index is 0.00110. The van der Waals surface area contributed by atoms with Crippen LogP contribution in [0.3, 0.4) is 0 Å². The molecule has 0 unspecified atom stereocenters. The molecule has 7 aliphatic rings. The highest BCUT2D eigenvalue weighted by Gasteiger charge is 2.51. The molecule has 1 saturated heterocycles. The van der Waals surface area contributed by atoms with Gasteiger partial charge in [0.2, 0.25) is 59.3 Å². The fraction of sp³-hybridized carbons (Fsp3) is 0.378. The van der Waals surface area contributed by atoms with Gasteiger partial charge in [0.1, 0.15) is 107 Å². The summed E-state index contributed by atoms with van der Waals surface area (Å²) in [7, 11) is 5.04. The number of nitrogens with one attached hydrogen (secondary N) is 9. The van der Waals surface area contributed by atoms with Crippen molar-refractivity contribution < 1.29 is 113 Å². The third-order valence-electron chi connectivity index (χ3n) is 20.7. The number of halogens is 2. The van der Waals surface area contributed by atoms with Crippen LogP contribution in [0.15, 0.2) is 115 Å². The van der Waals surface area contributed by atoms with E-state index in [4.69, 9.17) is 46.9 Å². The Morgan fingerprint density at radius 2 is 1.20 bits per heavy atom. The van der Waals surface area contributed by atoms with E-state index in [0.29, 0.717) is 31.4 Å². The number of aliphatic carboxylic acids is 1. The summed E-state index contributed by atoms with van der Waals surface area (Å²) in [6.07, 6.45) is -3.01. The van der Waals surface area contributed by atoms with Crippen LogP contribution in [0.2, 0.25) is 10.0 Å². The van der Waals surface area contributed by atoms with E-state index >= 15 is 24.0 Å². The summed E-state index contributed by atoms with van der Waals surface area (Å²) >= 11 is 14.2. The first-order chi connectivity index (χ1) is 56.0. The Hall–Kier alpha value is -11.7. The van der Waals surface area contributed by atoms with Crippen molar-refractivity contribution in [1.82, 2.24) is 52.8 Å². The maximum Gasteiger partial charge on any atom is 0.335 e. The second-order valence-electron chi connectivity index (χ2n) is 29.4. The van der Waals surface area contributed by atoms with E-state index in [1.54, 1.807) is 14.1 Å². The lowest BCUT2D eigenvalue weighted by atomic mass is 9.89. The van der Waals surface area contributed by atoms with Crippen molar-refractivity contribution in [3.05, 3.63) is 164 Å². The molecule has 0 aromatic heterocycles. The summed E-state index contributed by atoms with van der Waals surface area (Å²) < 4.78 is 32.3. The van der Waals surface area contributed by atoms with Crippen molar-refractivity contribution in [1.29, 1.82) is 0 Å². The summed E-state index contributed by atoms with van der Waals surface area (Å²) in [5.41, 5.74) is -2.05. The van der Waals surface area contributed by atoms with E-state index in [1.807, 2.05) is 4.90 Å². The lowest BCUT2D eigenvalue weighted by molar-refractivity contribution is -0.241. The lowest BCUT2D eigenvalue weighted by Crippen LogP contribution is -2.66. The molecule has 7 heterocycles. The van der Waals surface area contributed by atoms with Crippen molar-refractivity contribution in [3.63, 3.8) is 0 Å². The standard InChI is InChI=1S/C82H90Cl2N10O23/c1-5-6-7-8-9-10-11-12-13-15-59(100)88-68-70(102)71(103)73(81(111)112)117-82(68)116-72-57-32-42-33-58(72)115-55-25-20-41(30-49(55)83)69(101)67-80(110)92-65(75(105)86-26-14-27-94(3)4)47-34-43(95)35-53(98)60(47)46-29-39(18-23-51(46)96)63(77(107)93-67)89-78(108)64(42)90-79(109)66-48-36-45(37-54(99)61(48)84)114-56-31-40(19-24-52(56)97)62(85-2)76(106)87-50(74(104)91-66)28-38-16-21-44(113-57)22-17-38/h16-25,29-37,50,62-71,73,82,85,95-99,101-103H,5-15,26-28H2,1-4H3,(H,86,105)(H,87,106)(H,88,100)(H,89,108)(H,90,109)(H,91,104)(H,92,110)(H,93,107)(H,111,112)/t50-,62+,63-,64-,65-,66+,67+,68-,69-,70-,71+,73+,82-/m1/s1. The maximum absolute atomic E-state index is 16.6. The average Bonchev–Trinajstić information content (AvgIpc) is 0.764. The number of fused-ring (bicyclic) bond motifs is 14. The molecule has 0 saturated carbocycles. The van der Waals surface area contributed by atoms with Crippen molar-refractivity contribution in [3.8, 4) is 80.1 Å². The first-order valence-corrected chi connectivity index (χ1v) is 38.9. The van der Waals surface area contributed by atoms with Gasteiger partial charge in [-0.2, -0.15) is 0 Å². The molecular weight excluding hydrogens is 1560 g/mol. The molecule has 117 heavy (non-hydrogen) atoms. The number of carbonyl (C=O) groups excluding carboxylic acids is 8. The highest BCUT2D eigenvalue weighted by atomic mass is 35.5. The molecule has 620 valence electrons. The fourth-order valence-electron chi connectivity index (χ4n) is 14.6. The van der Waals surface area contributed by atoms with Gasteiger partial charge < -0.3 is 122 Å². The van der Waals surface area contributed by atoms with Crippen LogP contribution < -0.4 is 66.8 Å². The number of carbonyl (C=O) groups is 9. The molecule has 7 aromatic carbocycles. The second-order valence-corrected chi connectivity index (χ2v) is 30.2. The minimum Gasteiger partial charge on any atom is -0.508 e. The van der Waals surface area contributed by atoms with Gasteiger partial charge in [-0.3, -0.25) is 38.4 Å². The number of likely N-dealkylation sites (N-methyl/N-ethyl adjacent to an activating group) is 1. The van der Waals surface area contributed by atoms with Crippen LogP contribution in [0.4, 0.5) is 0 Å². The number of unbranched alkanes of at least 4 members (excludes halogenated alkanes) is 8. The molecule has 7 aromatic rings. The van der Waals surface area contributed by atoms with Crippen LogP contribution >= 0.6 is 23.2 Å². The van der Waals surface area contributed by atoms with Gasteiger partial charge in [-0.25, -0.2) is 4.79 Å². The lowest BCUT2D eigenvalue weighted by Gasteiger charge is -2.41. The third kappa shape index (κ3) is 19.4. The molecule has 0 radical (unpaired) electrons. The highest BCUT2D eigenvalue weighted by Crippen LogP contribution is 2.50. The number of rotatable bonds is 20. The number of carboxylic acid groups (broad SMARTS) is 1. The third-order valence-corrected chi connectivity index (χ3v) is 21.4. The number of carboxylic acids is 1. The summed E-state index contributed by atoms with van der Waals surface area (Å²) in [5.74, 6) is -17.0. The van der Waals surface area contributed by atoms with E-state index in [0.717, 1.165) is 106 Å². The maximum atomic E-state index is 16.6. The Balaban J connectivity index is 1.08. The zero-order valence-electron chi connectivity index (χ0n) is 63.8. The smallest absolute Gasteiger partial charge is 0.335 e. The number of phenolic OH excluding ortho intramolecular Hbond substituents is 5. The number of hydrogen-bond acceptors (Lipinski definition) is 24. The van der Waals surface area contributed by atoms with Gasteiger partial charge in [-0.05, 0) is 147 Å². The zero-order valence-corrected chi connectivity index (χ0v) is 65.3. The molecule has 35 heteroatoms. The fourth-order valence-corrected chi connectivity index (χ4v) is 15.0. The topological polar surface area (TPSA) is 493 Å². The van der Waals surface area contributed by atoms with Gasteiger partial charge in [-0.1, -0.05) is 112 Å². The average molecular weight is 1650 g/mol. The molecular formula is C82H90Cl2N10O23. The van der Waals surface area contributed by atoms with E-state index < -0.39 is 205 Å². The highest BCUT2D eigenvalue weighted by molar-refractivity contribution is 6.33. The summed E-state index contributed by atoms with van der Waals surface area (Å²) in [4.78, 5) is 138. The van der Waals surface area contributed by atoms with E-state index in [9.17, 15) is 65.1 Å². The predicted molar refractivity (Wildman–Crippen MR) is 419 cm³/mol. The van der Waals surface area contributed by atoms with Gasteiger partial charge in [0, 0.05) is 48.2 Å². The number of aromatic hydroxyl groups is 5. The SMILES string of the molecule is CCCCCCCCCCCC(=O)N[C@H]1[C@H](Oc2c3cc4cc2Oc2ccc(cc2Cl)[C@@H](O)[C@@H]2NC(=O)[C@H](NC(=O)[C@@H]4NC(=O)[C@H]4NC(=O)[C@@H](Cc5ccc(cc5)O3)NC(=O)[C@@H](NC)c3ccc(O)c(c3)Oc3cc(O)c(Cl)c4c3)c3ccc(O)c(c3)-c3c(O)cc(O)cc3[C@H](C(=O)NCCCN(C)C)NC2=O)O[C@H](C(=O)O)[C@@H](O)[C@@H]1O. The molecule has 18 N–H and O–H groups in total. The van der Waals surface area contributed by atoms with Gasteiger partial charge in [0.15, 0.2) is 29.1 Å². The largest absolute Gasteiger partial charge is 0.508 e. The minimum atomic E-state index is -2.37. The van der Waals surface area contributed by atoms with Crippen LogP contribution in [0.1, 0.15) is 153 Å². The Morgan fingerprint density at radius 1 is 0.564 bits per heavy atom. The van der Waals surface area contributed by atoms with E-state index in [2.05, 4.69) is 54.8 Å². The van der Waals surface area contributed by atoms with Crippen LogP contribution in [-0.2, 0) is 54.3 Å². The summed E-state index contributed by atoms with van der Waals surface area (Å²) in [6.45, 7) is 2.60. The van der Waals surface area contributed by atoms with Crippen molar-refractivity contribution in [2.24, 2.45) is 0 Å². The van der Waals surface area contributed by atoms with Crippen LogP contribution in [0.25, 0.3) is 11.1 Å². The van der Waals surface area contributed by atoms with E-state index in [1.165, 1.54) is 61.6 Å². The molecule has 13 atom stereocenters. The molecule has 0 spiro atoms. The zero-order chi connectivity index (χ0) is 83.8. The van der Waals surface area contributed by atoms with E-state index in [-0.39, 0.29) is 70.2 Å². The number of phenols is 5. The van der Waals surface area contributed by atoms with Crippen LogP contribution in [-0.4, -0.2) is 181 Å². The van der Waals surface area contributed by atoms with Gasteiger partial charge >= 0.3 is 5.97 Å². The molecule has 33 nitrogen and oxygen atoms in total. The molecule has 7 aliphatic heterocycles. The molecule has 1 fully saturated rings. The number of ether oxygens (including phenoxy) is 5. The second kappa shape index (κ2) is 37.1.